The van der Waals surface area contributed by atoms with Crippen LogP contribution < -0.4 is 0 Å². The van der Waals surface area contributed by atoms with Gasteiger partial charge in [-0.15, -0.1) is 0 Å². The van der Waals surface area contributed by atoms with Gasteiger partial charge in [-0.25, -0.2) is 0 Å². The van der Waals surface area contributed by atoms with Gasteiger partial charge in [0, 0.05) is 5.41 Å². The second-order valence-electron chi connectivity index (χ2n) is 6.78. The van der Waals surface area contributed by atoms with E-state index in [2.05, 4.69) is 64.1 Å². The topological polar surface area (TPSA) is 23.8 Å². The molecule has 19 heavy (non-hydrogen) atoms. The first kappa shape index (κ1) is 14.1. The molecule has 0 amide bonds. The molecule has 1 aromatic rings. The van der Waals surface area contributed by atoms with Gasteiger partial charge in [-0.3, -0.25) is 0 Å². The maximum atomic E-state index is 9.95. The normalized spacial score (nSPS) is 35.1. The Morgan fingerprint density at radius 3 is 2.42 bits per heavy atom. The van der Waals surface area contributed by atoms with Gasteiger partial charge in [-0.1, -0.05) is 58.0 Å². The third kappa shape index (κ3) is 2.08. The SMILES string of the molecule is CC1CCC(C#N)(C(C)C)C(C)(c2ccccc2)C1. The summed E-state index contributed by atoms with van der Waals surface area (Å²) in [6, 6.07) is 13.4. The average Bonchev–Trinajstić information content (AvgIpc) is 2.40. The highest BCUT2D eigenvalue weighted by atomic mass is 14.6. The fraction of sp³-hybridized carbons (Fsp3) is 0.611. The molecule has 0 aromatic heterocycles. The van der Waals surface area contributed by atoms with Crippen molar-refractivity contribution in [3.05, 3.63) is 35.9 Å². The molecule has 1 aromatic carbocycles. The molecule has 102 valence electrons. The van der Waals surface area contributed by atoms with Crippen LogP contribution in [0, 0.1) is 28.6 Å². The second-order valence-corrected chi connectivity index (χ2v) is 6.78. The molecule has 0 heterocycles. The van der Waals surface area contributed by atoms with Crippen LogP contribution in [-0.2, 0) is 5.41 Å². The first-order valence-electron chi connectivity index (χ1n) is 7.43. The third-order valence-electron chi connectivity index (χ3n) is 5.37. The van der Waals surface area contributed by atoms with Crippen LogP contribution in [0.15, 0.2) is 30.3 Å². The molecule has 0 bridgehead atoms. The van der Waals surface area contributed by atoms with Crippen molar-refractivity contribution in [2.45, 2.75) is 52.4 Å². The maximum absolute atomic E-state index is 9.95. The Labute approximate surface area is 117 Å². The summed E-state index contributed by atoms with van der Waals surface area (Å²) in [5.41, 5.74) is 1.06. The lowest BCUT2D eigenvalue weighted by Crippen LogP contribution is -2.50. The van der Waals surface area contributed by atoms with E-state index in [1.807, 2.05) is 0 Å². The number of hydrogen-bond donors (Lipinski definition) is 0. The van der Waals surface area contributed by atoms with Crippen molar-refractivity contribution in [1.29, 1.82) is 5.26 Å². The number of benzene rings is 1. The van der Waals surface area contributed by atoms with Crippen molar-refractivity contribution in [3.8, 4) is 6.07 Å². The van der Waals surface area contributed by atoms with E-state index in [1.165, 1.54) is 12.0 Å². The van der Waals surface area contributed by atoms with E-state index in [-0.39, 0.29) is 10.8 Å². The van der Waals surface area contributed by atoms with Gasteiger partial charge in [-0.05, 0) is 36.7 Å². The largest absolute Gasteiger partial charge is 0.198 e. The molecule has 3 unspecified atom stereocenters. The quantitative estimate of drug-likeness (QED) is 0.735. The van der Waals surface area contributed by atoms with Crippen molar-refractivity contribution in [2.24, 2.45) is 17.3 Å². The number of nitriles is 1. The zero-order valence-electron chi connectivity index (χ0n) is 12.6. The van der Waals surface area contributed by atoms with Gasteiger partial charge >= 0.3 is 0 Å². The van der Waals surface area contributed by atoms with Gasteiger partial charge in [0.05, 0.1) is 11.5 Å². The standard InChI is InChI=1S/C18H25N/c1-14(2)18(13-19)11-10-15(3)12-17(18,4)16-8-6-5-7-9-16/h5-9,14-15H,10-12H2,1-4H3. The van der Waals surface area contributed by atoms with E-state index in [1.54, 1.807) is 0 Å². The van der Waals surface area contributed by atoms with Crippen LogP contribution in [0.25, 0.3) is 0 Å². The lowest BCUT2D eigenvalue weighted by Gasteiger charge is -2.52. The molecule has 1 aliphatic rings. The fourth-order valence-corrected chi connectivity index (χ4v) is 4.15. The Kier molecular flexibility index (Phi) is 3.72. The lowest BCUT2D eigenvalue weighted by molar-refractivity contribution is 0.0519. The predicted octanol–water partition coefficient (Wildman–Crippen LogP) is 4.93. The summed E-state index contributed by atoms with van der Waals surface area (Å²) in [4.78, 5) is 0. The summed E-state index contributed by atoms with van der Waals surface area (Å²) < 4.78 is 0. The number of hydrogen-bond acceptors (Lipinski definition) is 1. The molecular weight excluding hydrogens is 230 g/mol. The first-order valence-corrected chi connectivity index (χ1v) is 7.43. The Morgan fingerprint density at radius 2 is 1.89 bits per heavy atom. The van der Waals surface area contributed by atoms with E-state index in [9.17, 15) is 5.26 Å². The molecule has 0 aliphatic heterocycles. The van der Waals surface area contributed by atoms with E-state index in [4.69, 9.17) is 0 Å². The Morgan fingerprint density at radius 1 is 1.26 bits per heavy atom. The molecular formula is C18H25N. The minimum absolute atomic E-state index is 0.0329. The van der Waals surface area contributed by atoms with Crippen LogP contribution in [-0.4, -0.2) is 0 Å². The van der Waals surface area contributed by atoms with Crippen molar-refractivity contribution in [1.82, 2.24) is 0 Å². The maximum Gasteiger partial charge on any atom is 0.0701 e. The summed E-state index contributed by atoms with van der Waals surface area (Å²) >= 11 is 0. The van der Waals surface area contributed by atoms with E-state index >= 15 is 0 Å². The Balaban J connectivity index is 2.57. The van der Waals surface area contributed by atoms with Gasteiger partial charge < -0.3 is 0 Å². The van der Waals surface area contributed by atoms with E-state index in [0.29, 0.717) is 11.8 Å². The van der Waals surface area contributed by atoms with Gasteiger partial charge in [0.15, 0.2) is 0 Å². The fourth-order valence-electron chi connectivity index (χ4n) is 4.15. The summed E-state index contributed by atoms with van der Waals surface area (Å²) in [5.74, 6) is 1.08. The van der Waals surface area contributed by atoms with Gasteiger partial charge in [-0.2, -0.15) is 5.26 Å². The molecule has 1 heteroatoms. The lowest BCUT2D eigenvalue weighted by atomic mass is 9.49. The van der Waals surface area contributed by atoms with Crippen molar-refractivity contribution < 1.29 is 0 Å². The predicted molar refractivity (Wildman–Crippen MR) is 79.7 cm³/mol. The van der Waals surface area contributed by atoms with Crippen LogP contribution in [0.3, 0.4) is 0 Å². The molecule has 0 spiro atoms. The van der Waals surface area contributed by atoms with Gasteiger partial charge in [0.1, 0.15) is 0 Å². The van der Waals surface area contributed by atoms with E-state index in [0.717, 1.165) is 12.8 Å². The van der Waals surface area contributed by atoms with Crippen LogP contribution in [0.2, 0.25) is 0 Å². The van der Waals surface area contributed by atoms with Crippen molar-refractivity contribution in [3.63, 3.8) is 0 Å². The van der Waals surface area contributed by atoms with Crippen molar-refractivity contribution in [2.75, 3.05) is 0 Å². The molecule has 0 radical (unpaired) electrons. The van der Waals surface area contributed by atoms with Crippen LogP contribution in [0.5, 0.6) is 0 Å². The zero-order valence-corrected chi connectivity index (χ0v) is 12.6. The van der Waals surface area contributed by atoms with Gasteiger partial charge in [0.2, 0.25) is 0 Å². The minimum Gasteiger partial charge on any atom is -0.198 e. The van der Waals surface area contributed by atoms with Crippen LogP contribution in [0.1, 0.15) is 52.5 Å². The smallest absolute Gasteiger partial charge is 0.0701 e. The second kappa shape index (κ2) is 5.00. The highest BCUT2D eigenvalue weighted by Gasteiger charge is 2.54. The van der Waals surface area contributed by atoms with Crippen LogP contribution in [0.4, 0.5) is 0 Å². The third-order valence-corrected chi connectivity index (χ3v) is 5.37. The molecule has 1 aliphatic carbocycles. The monoisotopic (exact) mass is 255 g/mol. The molecule has 3 atom stereocenters. The average molecular weight is 255 g/mol. The first-order chi connectivity index (χ1) is 8.96. The summed E-state index contributed by atoms with van der Waals surface area (Å²) in [6.45, 7) is 9.05. The number of nitrogens with zero attached hydrogens (tertiary/aromatic N) is 1. The van der Waals surface area contributed by atoms with E-state index < -0.39 is 0 Å². The molecule has 1 nitrogen and oxygen atoms in total. The molecule has 1 fully saturated rings. The van der Waals surface area contributed by atoms with Crippen LogP contribution >= 0.6 is 0 Å². The van der Waals surface area contributed by atoms with Crippen molar-refractivity contribution >= 4 is 0 Å². The zero-order chi connectivity index (χ0) is 14.1. The Hall–Kier alpha value is -1.29. The summed E-state index contributed by atoms with van der Waals surface area (Å²) in [5, 5.41) is 9.95. The Bertz CT molecular complexity index is 470. The summed E-state index contributed by atoms with van der Waals surface area (Å²) in [6.07, 6.45) is 3.31. The summed E-state index contributed by atoms with van der Waals surface area (Å²) in [7, 11) is 0. The van der Waals surface area contributed by atoms with Gasteiger partial charge in [0.25, 0.3) is 0 Å². The molecule has 1 saturated carbocycles. The molecule has 0 N–H and O–H groups in total. The highest BCUT2D eigenvalue weighted by Crippen LogP contribution is 2.56. The molecule has 2 rings (SSSR count). The number of rotatable bonds is 2. The highest BCUT2D eigenvalue weighted by molar-refractivity contribution is 5.33. The molecule has 0 saturated heterocycles. The minimum atomic E-state index is -0.235.